The minimum atomic E-state index is -0.946. The highest BCUT2D eigenvalue weighted by molar-refractivity contribution is 4.86. The predicted molar refractivity (Wildman–Crippen MR) is 40.1 cm³/mol. The second kappa shape index (κ2) is 2.19. The molecule has 0 radical (unpaired) electrons. The molecule has 2 fully saturated rings. The molecule has 3 N–H and O–H groups in total. The van der Waals surface area contributed by atoms with Crippen molar-refractivity contribution in [3.63, 3.8) is 0 Å². The van der Waals surface area contributed by atoms with Gasteiger partial charge in [-0.2, -0.15) is 0 Å². The lowest BCUT2D eigenvalue weighted by Crippen LogP contribution is -2.52. The molecule has 0 aliphatic carbocycles. The largest absolute Gasteiger partial charge is 0.419 e. The van der Waals surface area contributed by atoms with Gasteiger partial charge in [0.15, 0.2) is 5.79 Å². The van der Waals surface area contributed by atoms with Crippen LogP contribution < -0.4 is 0 Å². The van der Waals surface area contributed by atoms with E-state index in [1.54, 1.807) is 0 Å². The minimum Gasteiger partial charge on any atom is -0.419 e. The summed E-state index contributed by atoms with van der Waals surface area (Å²) in [6.07, 6.45) is 4.87. The third kappa shape index (κ3) is 1.28. The van der Waals surface area contributed by atoms with Crippen molar-refractivity contribution in [2.24, 2.45) is 0 Å². The average Bonchev–Trinajstić information content (AvgIpc) is 1.83. The van der Waals surface area contributed by atoms with E-state index in [1.165, 1.54) is 0 Å². The van der Waals surface area contributed by atoms with Gasteiger partial charge >= 0.3 is 0 Å². The Hall–Kier alpha value is -0.120. The maximum atomic E-state index is 9.72. The first kappa shape index (κ1) is 7.53. The Balaban J connectivity index is 2.16. The first-order chi connectivity index (χ1) is 5.12. The van der Waals surface area contributed by atoms with E-state index in [4.69, 9.17) is 9.84 Å². The van der Waals surface area contributed by atoms with Crippen LogP contribution in [0.15, 0.2) is 0 Å². The van der Waals surface area contributed by atoms with E-state index in [-0.39, 0.29) is 0 Å². The SMILES string of the molecule is OC12CCCC([OH2+])(CCC1)O2. The normalized spacial score (nSPS) is 50.7. The van der Waals surface area contributed by atoms with Crippen molar-refractivity contribution in [3.8, 4) is 0 Å². The molecule has 3 heteroatoms. The van der Waals surface area contributed by atoms with Gasteiger partial charge in [-0.3, -0.25) is 4.74 Å². The lowest BCUT2D eigenvalue weighted by Gasteiger charge is -2.43. The Morgan fingerprint density at radius 2 is 1.64 bits per heavy atom. The van der Waals surface area contributed by atoms with Gasteiger partial charge in [0, 0.05) is 12.8 Å². The van der Waals surface area contributed by atoms with Crippen molar-refractivity contribution in [2.45, 2.75) is 50.1 Å². The maximum absolute atomic E-state index is 9.72. The Labute approximate surface area is 66.0 Å². The van der Waals surface area contributed by atoms with Gasteiger partial charge in [0.25, 0.3) is 5.79 Å². The van der Waals surface area contributed by atoms with Gasteiger partial charge in [-0.1, -0.05) is 0 Å². The predicted octanol–water partition coefficient (Wildman–Crippen LogP) is 0.480. The Morgan fingerprint density at radius 3 is 2.00 bits per heavy atom. The molecule has 2 heterocycles. The molecule has 0 aromatic rings. The number of rotatable bonds is 0. The Kier molecular flexibility index (Phi) is 1.50. The van der Waals surface area contributed by atoms with E-state index >= 15 is 0 Å². The van der Waals surface area contributed by atoms with E-state index in [1.807, 2.05) is 0 Å². The molecule has 0 saturated carbocycles. The van der Waals surface area contributed by atoms with Crippen molar-refractivity contribution < 1.29 is 14.9 Å². The van der Waals surface area contributed by atoms with E-state index < -0.39 is 11.6 Å². The lowest BCUT2D eigenvalue weighted by molar-refractivity contribution is -0.378. The van der Waals surface area contributed by atoms with Crippen LogP contribution in [0.4, 0.5) is 0 Å². The number of hydrogen-bond acceptors (Lipinski definition) is 2. The van der Waals surface area contributed by atoms with Gasteiger partial charge in [0.05, 0.1) is 12.8 Å². The Bertz CT molecular complexity index is 141. The second-order valence-electron chi connectivity index (χ2n) is 3.75. The molecule has 0 amide bonds. The van der Waals surface area contributed by atoms with Crippen molar-refractivity contribution >= 4 is 0 Å². The molecule has 0 aromatic heterocycles. The summed E-state index contributed by atoms with van der Waals surface area (Å²) >= 11 is 0. The highest BCUT2D eigenvalue weighted by Gasteiger charge is 2.50. The molecule has 0 atom stereocenters. The Morgan fingerprint density at radius 1 is 1.09 bits per heavy atom. The van der Waals surface area contributed by atoms with E-state index in [9.17, 15) is 5.11 Å². The molecule has 2 bridgehead atoms. The maximum Gasteiger partial charge on any atom is 0.275 e. The summed E-state index contributed by atoms with van der Waals surface area (Å²) in [5, 5.41) is 17.5. The lowest BCUT2D eigenvalue weighted by atomic mass is 9.87. The quantitative estimate of drug-likeness (QED) is 0.523. The van der Waals surface area contributed by atoms with Crippen LogP contribution in [-0.2, 0) is 4.74 Å². The van der Waals surface area contributed by atoms with Crippen LogP contribution >= 0.6 is 0 Å². The molecule has 2 aliphatic heterocycles. The number of aliphatic hydroxyl groups is 1. The molecular formula is C8H15O3+. The molecule has 64 valence electrons. The van der Waals surface area contributed by atoms with Crippen LogP contribution in [0.3, 0.4) is 0 Å². The summed E-state index contributed by atoms with van der Waals surface area (Å²) in [5.74, 6) is -1.70. The first-order valence-corrected chi connectivity index (χ1v) is 4.30. The standard InChI is InChI=1S/C8H14O3/c9-7-3-1-4-8(10,11-7)6-2-5-7/h9-10H,1-6H2/p+1. The molecular weight excluding hydrogens is 144 g/mol. The van der Waals surface area contributed by atoms with Crippen LogP contribution in [-0.4, -0.2) is 21.8 Å². The van der Waals surface area contributed by atoms with Gasteiger partial charge in [0.1, 0.15) is 0 Å². The third-order valence-corrected chi connectivity index (χ3v) is 2.68. The van der Waals surface area contributed by atoms with Crippen LogP contribution in [0.25, 0.3) is 0 Å². The van der Waals surface area contributed by atoms with Gasteiger partial charge in [-0.05, 0) is 12.8 Å². The number of fused-ring (bicyclic) bond motifs is 2. The summed E-state index contributed by atoms with van der Waals surface area (Å²) in [4.78, 5) is 0. The van der Waals surface area contributed by atoms with E-state index in [0.717, 1.165) is 25.7 Å². The molecule has 11 heavy (non-hydrogen) atoms. The van der Waals surface area contributed by atoms with Crippen LogP contribution in [0.5, 0.6) is 0 Å². The van der Waals surface area contributed by atoms with Crippen LogP contribution in [0, 0.1) is 0 Å². The summed E-state index contributed by atoms with van der Waals surface area (Å²) < 4.78 is 5.32. The van der Waals surface area contributed by atoms with Gasteiger partial charge < -0.3 is 10.2 Å². The molecule has 2 saturated heterocycles. The zero-order chi connectivity index (χ0) is 7.95. The first-order valence-electron chi connectivity index (χ1n) is 4.30. The fourth-order valence-electron chi connectivity index (χ4n) is 2.12. The molecule has 0 unspecified atom stereocenters. The number of ether oxygens (including phenoxy) is 1. The molecule has 2 aliphatic rings. The summed E-state index contributed by atoms with van der Waals surface area (Å²) in [7, 11) is 0. The van der Waals surface area contributed by atoms with Gasteiger partial charge in [-0.25, -0.2) is 0 Å². The van der Waals surface area contributed by atoms with E-state index in [2.05, 4.69) is 0 Å². The zero-order valence-corrected chi connectivity index (χ0v) is 6.60. The highest BCUT2D eigenvalue weighted by Crippen LogP contribution is 2.42. The third-order valence-electron chi connectivity index (χ3n) is 2.68. The summed E-state index contributed by atoms with van der Waals surface area (Å²) in [5.41, 5.74) is 0. The molecule has 2 rings (SSSR count). The van der Waals surface area contributed by atoms with Gasteiger partial charge in [-0.15, -0.1) is 0 Å². The van der Waals surface area contributed by atoms with Crippen LogP contribution in [0.1, 0.15) is 38.5 Å². The van der Waals surface area contributed by atoms with Gasteiger partial charge in [0.2, 0.25) is 0 Å². The molecule has 3 nitrogen and oxygen atoms in total. The van der Waals surface area contributed by atoms with Crippen molar-refractivity contribution in [2.75, 3.05) is 0 Å². The molecule has 0 spiro atoms. The van der Waals surface area contributed by atoms with Crippen LogP contribution in [0.2, 0.25) is 0 Å². The topological polar surface area (TPSA) is 52.4 Å². The van der Waals surface area contributed by atoms with Crippen molar-refractivity contribution in [3.05, 3.63) is 0 Å². The number of hydrogen-bond donors (Lipinski definition) is 1. The fourth-order valence-corrected chi connectivity index (χ4v) is 2.12. The second-order valence-corrected chi connectivity index (χ2v) is 3.75. The minimum absolute atomic E-state index is 0.716. The van der Waals surface area contributed by atoms with Crippen molar-refractivity contribution in [1.82, 2.24) is 0 Å². The monoisotopic (exact) mass is 159 g/mol. The molecule has 0 aromatic carbocycles. The zero-order valence-electron chi connectivity index (χ0n) is 6.60. The fraction of sp³-hybridized carbons (Fsp3) is 1.00. The highest BCUT2D eigenvalue weighted by atomic mass is 16.7. The average molecular weight is 159 g/mol. The van der Waals surface area contributed by atoms with E-state index in [0.29, 0.717) is 12.8 Å². The smallest absolute Gasteiger partial charge is 0.275 e. The van der Waals surface area contributed by atoms with Crippen molar-refractivity contribution in [1.29, 1.82) is 0 Å². The summed E-state index contributed by atoms with van der Waals surface area (Å²) in [6.45, 7) is 0. The summed E-state index contributed by atoms with van der Waals surface area (Å²) in [6, 6.07) is 0.